The van der Waals surface area contributed by atoms with Gasteiger partial charge in [-0.05, 0) is 43.5 Å². The fourth-order valence-corrected chi connectivity index (χ4v) is 2.38. The van der Waals surface area contributed by atoms with E-state index in [2.05, 4.69) is 23.1 Å². The molecule has 1 aliphatic heterocycles. The van der Waals surface area contributed by atoms with Crippen LogP contribution in [0.1, 0.15) is 19.8 Å². The number of carbonyl (C=O) groups excluding carboxylic acids is 1. The molecule has 0 aromatic heterocycles. The summed E-state index contributed by atoms with van der Waals surface area (Å²) in [5.74, 6) is 0.777. The summed E-state index contributed by atoms with van der Waals surface area (Å²) in [6.07, 6.45) is 5.88. The van der Waals surface area contributed by atoms with Gasteiger partial charge in [-0.15, -0.1) is 0 Å². The monoisotopic (exact) mass is 263 g/mol. The molecule has 1 unspecified atom stereocenters. The number of hydrogen-bond acceptors (Lipinski definition) is 2. The number of carbonyl (C=O) groups is 1. The molecular weight excluding hydrogens is 246 g/mol. The molecule has 1 aromatic carbocycles. The van der Waals surface area contributed by atoms with Gasteiger partial charge in [-0.3, -0.25) is 4.79 Å². The number of nitrogens with zero attached hydrogens (tertiary/aromatic N) is 1. The molecule has 2 rings (SSSR count). The summed E-state index contributed by atoms with van der Waals surface area (Å²) in [6, 6.07) is 7.97. The number of halogens is 1. The van der Waals surface area contributed by atoms with Gasteiger partial charge < -0.3 is 4.90 Å². The Kier molecular flexibility index (Phi) is 4.43. The Hall–Kier alpha value is -1.28. The van der Waals surface area contributed by atoms with E-state index in [1.54, 1.807) is 6.92 Å². The Bertz CT molecular complexity index is 438. The van der Waals surface area contributed by atoms with E-state index < -0.39 is 0 Å². The van der Waals surface area contributed by atoms with E-state index in [0.717, 1.165) is 24.5 Å². The van der Waals surface area contributed by atoms with E-state index in [9.17, 15) is 4.79 Å². The summed E-state index contributed by atoms with van der Waals surface area (Å²) in [5.41, 5.74) is 1.22. The van der Waals surface area contributed by atoms with Gasteiger partial charge in [0.25, 0.3) is 0 Å². The first-order valence-corrected chi connectivity index (χ1v) is 6.69. The fraction of sp³-hybridized carbons (Fsp3) is 0.400. The van der Waals surface area contributed by atoms with Crippen molar-refractivity contribution in [2.45, 2.75) is 19.8 Å². The van der Waals surface area contributed by atoms with E-state index in [0.29, 0.717) is 12.3 Å². The molecule has 0 radical (unpaired) electrons. The van der Waals surface area contributed by atoms with Gasteiger partial charge in [0.05, 0.1) is 0 Å². The van der Waals surface area contributed by atoms with Crippen LogP contribution in [0.5, 0.6) is 0 Å². The molecule has 2 nitrogen and oxygen atoms in total. The van der Waals surface area contributed by atoms with Crippen molar-refractivity contribution in [3.8, 4) is 0 Å². The first kappa shape index (κ1) is 13.2. The summed E-state index contributed by atoms with van der Waals surface area (Å²) < 4.78 is 0. The number of rotatable bonds is 4. The topological polar surface area (TPSA) is 20.3 Å². The van der Waals surface area contributed by atoms with Crippen molar-refractivity contribution in [3.05, 3.63) is 41.4 Å². The van der Waals surface area contributed by atoms with Gasteiger partial charge in [0.2, 0.25) is 0 Å². The van der Waals surface area contributed by atoms with E-state index in [1.165, 1.54) is 5.69 Å². The molecule has 1 aromatic rings. The van der Waals surface area contributed by atoms with Crippen LogP contribution < -0.4 is 4.90 Å². The van der Waals surface area contributed by atoms with E-state index in [4.69, 9.17) is 11.6 Å². The summed E-state index contributed by atoms with van der Waals surface area (Å²) in [4.78, 5) is 13.2. The molecule has 0 amide bonds. The third kappa shape index (κ3) is 3.61. The standard InChI is InChI=1S/C15H18ClNO/c1-12(18)3-2-4-13-9-10-17(11-13)15-7-5-14(16)6-8-15/h2,4-8,13H,3,9-11H2,1H3. The molecule has 3 heteroatoms. The maximum absolute atomic E-state index is 10.9. The molecule has 18 heavy (non-hydrogen) atoms. The first-order chi connectivity index (χ1) is 8.65. The zero-order chi connectivity index (χ0) is 13.0. The van der Waals surface area contributed by atoms with Crippen LogP contribution in [-0.4, -0.2) is 18.9 Å². The van der Waals surface area contributed by atoms with Crippen LogP contribution in [-0.2, 0) is 4.79 Å². The molecule has 1 atom stereocenters. The van der Waals surface area contributed by atoms with Crippen LogP contribution in [0.4, 0.5) is 5.69 Å². The average Bonchev–Trinajstić information content (AvgIpc) is 2.78. The van der Waals surface area contributed by atoms with Crippen molar-refractivity contribution < 1.29 is 4.79 Å². The third-order valence-electron chi connectivity index (χ3n) is 3.23. The van der Waals surface area contributed by atoms with Crippen molar-refractivity contribution in [2.75, 3.05) is 18.0 Å². The average molecular weight is 264 g/mol. The molecular formula is C15H18ClNO. The van der Waals surface area contributed by atoms with Crippen LogP contribution in [0.15, 0.2) is 36.4 Å². The highest BCUT2D eigenvalue weighted by Gasteiger charge is 2.20. The highest BCUT2D eigenvalue weighted by molar-refractivity contribution is 6.30. The van der Waals surface area contributed by atoms with E-state index >= 15 is 0 Å². The smallest absolute Gasteiger partial charge is 0.133 e. The largest absolute Gasteiger partial charge is 0.371 e. The van der Waals surface area contributed by atoms with Crippen molar-refractivity contribution >= 4 is 23.1 Å². The Morgan fingerprint density at radius 3 is 2.83 bits per heavy atom. The predicted octanol–water partition coefficient (Wildman–Crippen LogP) is 3.70. The van der Waals surface area contributed by atoms with E-state index in [-0.39, 0.29) is 5.78 Å². The van der Waals surface area contributed by atoms with Crippen LogP contribution in [0, 0.1) is 5.92 Å². The Labute approximate surface area is 113 Å². The summed E-state index contributed by atoms with van der Waals surface area (Å²) in [6.45, 7) is 3.71. The van der Waals surface area contributed by atoms with Crippen molar-refractivity contribution in [2.24, 2.45) is 5.92 Å². The number of hydrogen-bond donors (Lipinski definition) is 0. The highest BCUT2D eigenvalue weighted by Crippen LogP contribution is 2.25. The zero-order valence-electron chi connectivity index (χ0n) is 10.6. The number of allylic oxidation sites excluding steroid dienone is 1. The molecule has 0 aliphatic carbocycles. The van der Waals surface area contributed by atoms with Gasteiger partial charge in [0.1, 0.15) is 5.78 Å². The molecule has 1 fully saturated rings. The normalized spacial score (nSPS) is 19.7. The van der Waals surface area contributed by atoms with Crippen LogP contribution in [0.3, 0.4) is 0 Å². The summed E-state index contributed by atoms with van der Waals surface area (Å²) >= 11 is 5.88. The van der Waals surface area contributed by atoms with E-state index in [1.807, 2.05) is 18.2 Å². The second kappa shape index (κ2) is 6.05. The Balaban J connectivity index is 1.90. The lowest BCUT2D eigenvalue weighted by Gasteiger charge is -2.18. The van der Waals surface area contributed by atoms with Gasteiger partial charge in [-0.25, -0.2) is 0 Å². The molecule has 96 valence electrons. The zero-order valence-corrected chi connectivity index (χ0v) is 11.4. The van der Waals surface area contributed by atoms with Gasteiger partial charge in [0, 0.05) is 30.2 Å². The van der Waals surface area contributed by atoms with Gasteiger partial charge in [-0.1, -0.05) is 23.8 Å². The molecule has 1 aliphatic rings. The Morgan fingerprint density at radius 1 is 1.44 bits per heavy atom. The Morgan fingerprint density at radius 2 is 2.17 bits per heavy atom. The van der Waals surface area contributed by atoms with Crippen LogP contribution in [0.25, 0.3) is 0 Å². The maximum Gasteiger partial charge on any atom is 0.133 e. The van der Waals surface area contributed by atoms with Gasteiger partial charge in [-0.2, -0.15) is 0 Å². The van der Waals surface area contributed by atoms with Crippen molar-refractivity contribution in [3.63, 3.8) is 0 Å². The van der Waals surface area contributed by atoms with Crippen LogP contribution >= 0.6 is 11.6 Å². The molecule has 0 bridgehead atoms. The first-order valence-electron chi connectivity index (χ1n) is 6.32. The molecule has 1 heterocycles. The molecule has 0 saturated carbocycles. The minimum absolute atomic E-state index is 0.221. The van der Waals surface area contributed by atoms with Gasteiger partial charge >= 0.3 is 0 Å². The second-order valence-corrected chi connectivity index (χ2v) is 5.24. The molecule has 1 saturated heterocycles. The minimum Gasteiger partial charge on any atom is -0.371 e. The number of ketones is 1. The minimum atomic E-state index is 0.221. The third-order valence-corrected chi connectivity index (χ3v) is 3.48. The number of benzene rings is 1. The lowest BCUT2D eigenvalue weighted by molar-refractivity contribution is -0.116. The molecule has 0 N–H and O–H groups in total. The lowest BCUT2D eigenvalue weighted by atomic mass is 10.1. The SMILES string of the molecule is CC(=O)CC=CC1CCN(c2ccc(Cl)cc2)C1. The quantitative estimate of drug-likeness (QED) is 0.772. The lowest BCUT2D eigenvalue weighted by Crippen LogP contribution is -2.18. The van der Waals surface area contributed by atoms with Crippen LogP contribution in [0.2, 0.25) is 5.02 Å². The summed E-state index contributed by atoms with van der Waals surface area (Å²) in [5, 5.41) is 0.774. The number of anilines is 1. The highest BCUT2D eigenvalue weighted by atomic mass is 35.5. The second-order valence-electron chi connectivity index (χ2n) is 4.81. The maximum atomic E-state index is 10.9. The number of Topliss-reactive ketones (excluding diaryl/α,β-unsaturated/α-hetero) is 1. The fourth-order valence-electron chi connectivity index (χ4n) is 2.26. The van der Waals surface area contributed by atoms with Crippen molar-refractivity contribution in [1.29, 1.82) is 0 Å². The predicted molar refractivity (Wildman–Crippen MR) is 76.2 cm³/mol. The molecule has 0 spiro atoms. The van der Waals surface area contributed by atoms with Crippen molar-refractivity contribution in [1.82, 2.24) is 0 Å². The summed E-state index contributed by atoms with van der Waals surface area (Å²) in [7, 11) is 0. The van der Waals surface area contributed by atoms with Gasteiger partial charge in [0.15, 0.2) is 0 Å².